The quantitative estimate of drug-likeness (QED) is 0.489. The average Bonchev–Trinajstić information content (AvgIpc) is 2.47. The number of benzene rings is 1. The summed E-state index contributed by atoms with van der Waals surface area (Å²) in [5.41, 5.74) is 0. The molecular formula is C13H15ClFNO4S2. The molecule has 1 aromatic rings. The molecule has 1 aromatic carbocycles. The van der Waals surface area contributed by atoms with Crippen molar-refractivity contribution in [3.05, 3.63) is 29.0 Å². The number of hydrogen-bond donors (Lipinski definition) is 2. The zero-order valence-electron chi connectivity index (χ0n) is 11.5. The number of hydrogen-bond acceptors (Lipinski definition) is 5. The number of carboxylic acids is 1. The van der Waals surface area contributed by atoms with Crippen LogP contribution in [-0.2, 0) is 9.59 Å². The zero-order valence-corrected chi connectivity index (χ0v) is 13.9. The van der Waals surface area contributed by atoms with E-state index in [1.54, 1.807) is 0 Å². The Balaban J connectivity index is 2.08. The van der Waals surface area contributed by atoms with Crippen LogP contribution >= 0.6 is 33.2 Å². The van der Waals surface area contributed by atoms with Gasteiger partial charge >= 0.3 is 5.97 Å². The average molecular weight is 368 g/mol. The number of carbonyl (C=O) groups excluding carboxylic acids is 1. The summed E-state index contributed by atoms with van der Waals surface area (Å²) in [6.07, 6.45) is 0.121. The SMILES string of the molecule is O=C(O)CCSSCCNC(=O)COc1ccc(Cl)c(F)c1. The number of ether oxygens (including phenoxy) is 1. The lowest BCUT2D eigenvalue weighted by molar-refractivity contribution is -0.136. The van der Waals surface area contributed by atoms with Crippen LogP contribution in [0, 0.1) is 5.82 Å². The molecule has 0 saturated heterocycles. The number of amides is 1. The van der Waals surface area contributed by atoms with Crippen LogP contribution in [0.15, 0.2) is 18.2 Å². The van der Waals surface area contributed by atoms with E-state index in [1.807, 2.05) is 0 Å². The van der Waals surface area contributed by atoms with Crippen LogP contribution in [-0.4, -0.2) is 41.6 Å². The van der Waals surface area contributed by atoms with Gasteiger partial charge in [-0.1, -0.05) is 33.2 Å². The molecule has 0 unspecified atom stereocenters. The second-order valence-electron chi connectivity index (χ2n) is 4.00. The molecule has 1 amide bonds. The highest BCUT2D eigenvalue weighted by Crippen LogP contribution is 2.21. The molecular weight excluding hydrogens is 353 g/mol. The van der Waals surface area contributed by atoms with Crippen molar-refractivity contribution in [2.45, 2.75) is 6.42 Å². The summed E-state index contributed by atoms with van der Waals surface area (Å²) < 4.78 is 18.3. The third kappa shape index (κ3) is 8.35. The maximum atomic E-state index is 13.1. The molecule has 0 heterocycles. The number of halogens is 2. The van der Waals surface area contributed by atoms with Crippen molar-refractivity contribution in [1.29, 1.82) is 0 Å². The minimum Gasteiger partial charge on any atom is -0.484 e. The lowest BCUT2D eigenvalue weighted by Crippen LogP contribution is -2.30. The van der Waals surface area contributed by atoms with Crippen LogP contribution in [0.5, 0.6) is 5.75 Å². The van der Waals surface area contributed by atoms with Crippen molar-refractivity contribution in [1.82, 2.24) is 5.32 Å². The largest absolute Gasteiger partial charge is 0.484 e. The Kier molecular flexibility index (Phi) is 9.10. The minimum atomic E-state index is -0.822. The van der Waals surface area contributed by atoms with Crippen LogP contribution < -0.4 is 10.1 Å². The number of aliphatic carboxylic acids is 1. The molecule has 0 aromatic heterocycles. The summed E-state index contributed by atoms with van der Waals surface area (Å²) in [4.78, 5) is 21.8. The van der Waals surface area contributed by atoms with Gasteiger partial charge in [-0.2, -0.15) is 0 Å². The van der Waals surface area contributed by atoms with Gasteiger partial charge in [-0.05, 0) is 12.1 Å². The third-order valence-electron chi connectivity index (χ3n) is 2.25. The molecule has 0 aliphatic heterocycles. The fourth-order valence-electron chi connectivity index (χ4n) is 1.25. The second-order valence-corrected chi connectivity index (χ2v) is 7.11. The van der Waals surface area contributed by atoms with Gasteiger partial charge < -0.3 is 15.2 Å². The van der Waals surface area contributed by atoms with Crippen molar-refractivity contribution in [2.75, 3.05) is 24.7 Å². The van der Waals surface area contributed by atoms with Crippen LogP contribution in [0.4, 0.5) is 4.39 Å². The zero-order chi connectivity index (χ0) is 16.4. The monoisotopic (exact) mass is 367 g/mol. The van der Waals surface area contributed by atoms with Crippen molar-refractivity contribution >= 4 is 45.1 Å². The van der Waals surface area contributed by atoms with E-state index >= 15 is 0 Å². The summed E-state index contributed by atoms with van der Waals surface area (Å²) in [6, 6.07) is 3.95. The Morgan fingerprint density at radius 1 is 1.32 bits per heavy atom. The van der Waals surface area contributed by atoms with Gasteiger partial charge in [0.2, 0.25) is 0 Å². The van der Waals surface area contributed by atoms with Crippen LogP contribution in [0.1, 0.15) is 6.42 Å². The van der Waals surface area contributed by atoms with Gasteiger partial charge in [-0.3, -0.25) is 9.59 Å². The highest BCUT2D eigenvalue weighted by molar-refractivity contribution is 8.76. The molecule has 0 aliphatic rings. The number of rotatable bonds is 10. The third-order valence-corrected chi connectivity index (χ3v) is 4.97. The van der Waals surface area contributed by atoms with Crippen molar-refractivity contribution in [3.8, 4) is 5.75 Å². The van der Waals surface area contributed by atoms with Gasteiger partial charge in [0.15, 0.2) is 6.61 Å². The smallest absolute Gasteiger partial charge is 0.304 e. The molecule has 22 heavy (non-hydrogen) atoms. The van der Waals surface area contributed by atoms with Crippen molar-refractivity contribution in [3.63, 3.8) is 0 Å². The van der Waals surface area contributed by atoms with Gasteiger partial charge in [0, 0.05) is 24.1 Å². The Hall–Kier alpha value is -1.12. The second kappa shape index (κ2) is 10.6. The molecule has 0 atom stereocenters. The summed E-state index contributed by atoms with van der Waals surface area (Å²) in [5, 5.41) is 11.1. The van der Waals surface area contributed by atoms with E-state index in [-0.39, 0.29) is 29.7 Å². The molecule has 2 N–H and O–H groups in total. The lowest BCUT2D eigenvalue weighted by Gasteiger charge is -2.07. The molecule has 0 fully saturated rings. The molecule has 9 heteroatoms. The van der Waals surface area contributed by atoms with Crippen molar-refractivity contribution < 1.29 is 23.8 Å². The van der Waals surface area contributed by atoms with Crippen LogP contribution in [0.25, 0.3) is 0 Å². The van der Waals surface area contributed by atoms with E-state index in [0.717, 1.165) is 6.07 Å². The maximum absolute atomic E-state index is 13.1. The number of carboxylic acid groups (broad SMARTS) is 1. The molecule has 1 rings (SSSR count). The lowest BCUT2D eigenvalue weighted by atomic mass is 10.3. The van der Waals surface area contributed by atoms with Crippen LogP contribution in [0.2, 0.25) is 5.02 Å². The fraction of sp³-hybridized carbons (Fsp3) is 0.385. The van der Waals surface area contributed by atoms with E-state index in [2.05, 4.69) is 5.32 Å². The predicted molar refractivity (Wildman–Crippen MR) is 87.1 cm³/mol. The summed E-state index contributed by atoms with van der Waals surface area (Å²) in [6.45, 7) is 0.236. The predicted octanol–water partition coefficient (Wildman–Crippen LogP) is 2.83. The molecule has 122 valence electrons. The molecule has 0 bridgehead atoms. The Labute approximate surface area is 140 Å². The van der Waals surface area contributed by atoms with E-state index in [1.165, 1.54) is 33.7 Å². The molecule has 0 radical (unpaired) electrons. The van der Waals surface area contributed by atoms with Gasteiger partial charge in [0.25, 0.3) is 5.91 Å². The summed E-state index contributed by atoms with van der Waals surface area (Å²) >= 11 is 5.53. The number of nitrogens with one attached hydrogen (secondary N) is 1. The fourth-order valence-corrected chi connectivity index (χ4v) is 3.25. The van der Waals surface area contributed by atoms with Crippen LogP contribution in [0.3, 0.4) is 0 Å². The van der Waals surface area contributed by atoms with Gasteiger partial charge in [-0.25, -0.2) is 4.39 Å². The maximum Gasteiger partial charge on any atom is 0.304 e. The topological polar surface area (TPSA) is 75.6 Å². The van der Waals surface area contributed by atoms with E-state index in [4.69, 9.17) is 21.4 Å². The van der Waals surface area contributed by atoms with E-state index < -0.39 is 11.8 Å². The molecule has 0 saturated carbocycles. The molecule has 0 spiro atoms. The number of carbonyl (C=O) groups is 2. The minimum absolute atomic E-state index is 0.00535. The molecule has 0 aliphatic carbocycles. The van der Waals surface area contributed by atoms with E-state index in [9.17, 15) is 14.0 Å². The molecule has 5 nitrogen and oxygen atoms in total. The highest BCUT2D eigenvalue weighted by atomic mass is 35.5. The van der Waals surface area contributed by atoms with Gasteiger partial charge in [0.1, 0.15) is 11.6 Å². The van der Waals surface area contributed by atoms with Gasteiger partial charge in [0.05, 0.1) is 11.4 Å². The standard InChI is InChI=1S/C13H15ClFNO4S2/c14-10-2-1-9(7-11(10)15)20-8-12(17)16-4-6-22-21-5-3-13(18)19/h1-2,7H,3-6,8H2,(H,16,17)(H,18,19). The summed E-state index contributed by atoms with van der Waals surface area (Å²) in [5.74, 6) is -0.321. The van der Waals surface area contributed by atoms with E-state index in [0.29, 0.717) is 18.1 Å². The first-order chi connectivity index (χ1) is 10.5. The Morgan fingerprint density at radius 2 is 2.05 bits per heavy atom. The summed E-state index contributed by atoms with van der Waals surface area (Å²) in [7, 11) is 2.93. The normalized spacial score (nSPS) is 10.3. The highest BCUT2D eigenvalue weighted by Gasteiger charge is 2.05. The first-order valence-corrected chi connectivity index (χ1v) is 9.16. The first-order valence-electron chi connectivity index (χ1n) is 6.30. The first kappa shape index (κ1) is 18.9. The van der Waals surface area contributed by atoms with Gasteiger partial charge in [-0.15, -0.1) is 0 Å². The van der Waals surface area contributed by atoms with Crippen molar-refractivity contribution in [2.24, 2.45) is 0 Å². The Bertz CT molecular complexity index is 519. The Morgan fingerprint density at radius 3 is 2.73 bits per heavy atom.